The Labute approximate surface area is 98.5 Å². The molecule has 4 heteroatoms. The Hall–Kier alpha value is -1.29. The van der Waals surface area contributed by atoms with E-state index in [1.165, 1.54) is 0 Å². The van der Waals surface area contributed by atoms with Crippen LogP contribution in [0.3, 0.4) is 0 Å². The normalized spacial score (nSPS) is 10.8. The predicted octanol–water partition coefficient (Wildman–Crippen LogP) is 2.15. The van der Waals surface area contributed by atoms with Crippen molar-refractivity contribution in [3.63, 3.8) is 0 Å². The molecule has 16 heavy (non-hydrogen) atoms. The molecule has 1 heterocycles. The standard InChI is InChI=1S/C12H14N2OS/c1-16-8-4-7-14-9-13-11-6-3-2-5-10(11)12(14)15/h2-3,5-6,9H,4,7-8H2,1H3. The zero-order chi connectivity index (χ0) is 11.4. The van der Waals surface area contributed by atoms with Gasteiger partial charge in [-0.05, 0) is 30.6 Å². The predicted molar refractivity (Wildman–Crippen MR) is 69.0 cm³/mol. The van der Waals surface area contributed by atoms with Gasteiger partial charge in [-0.2, -0.15) is 11.8 Å². The SMILES string of the molecule is CSCCCn1cnc2ccccc2c1=O. The highest BCUT2D eigenvalue weighted by Gasteiger charge is 2.02. The molecule has 0 bridgehead atoms. The summed E-state index contributed by atoms with van der Waals surface area (Å²) in [6.07, 6.45) is 4.72. The van der Waals surface area contributed by atoms with Crippen molar-refractivity contribution in [1.29, 1.82) is 0 Å². The van der Waals surface area contributed by atoms with Crippen molar-refractivity contribution in [2.75, 3.05) is 12.0 Å². The number of benzene rings is 1. The molecule has 2 rings (SSSR count). The first kappa shape index (κ1) is 11.2. The number of hydrogen-bond acceptors (Lipinski definition) is 3. The van der Waals surface area contributed by atoms with Crippen LogP contribution in [-0.2, 0) is 6.54 Å². The van der Waals surface area contributed by atoms with E-state index in [1.807, 2.05) is 24.3 Å². The fraction of sp³-hybridized carbons (Fsp3) is 0.333. The molecular formula is C12H14N2OS. The molecule has 0 saturated heterocycles. The van der Waals surface area contributed by atoms with E-state index in [9.17, 15) is 4.79 Å². The molecule has 2 aromatic rings. The van der Waals surface area contributed by atoms with Crippen molar-refractivity contribution in [3.8, 4) is 0 Å². The number of thioether (sulfide) groups is 1. The van der Waals surface area contributed by atoms with Crippen LogP contribution in [0.1, 0.15) is 6.42 Å². The molecular weight excluding hydrogens is 220 g/mol. The van der Waals surface area contributed by atoms with Crippen LogP contribution >= 0.6 is 11.8 Å². The van der Waals surface area contributed by atoms with Crippen LogP contribution in [-0.4, -0.2) is 21.6 Å². The Morgan fingerprint density at radius 1 is 1.38 bits per heavy atom. The zero-order valence-electron chi connectivity index (χ0n) is 9.22. The van der Waals surface area contributed by atoms with Crippen LogP contribution in [0.2, 0.25) is 0 Å². The maximum atomic E-state index is 12.0. The van der Waals surface area contributed by atoms with Gasteiger partial charge < -0.3 is 0 Å². The van der Waals surface area contributed by atoms with E-state index in [1.54, 1.807) is 22.7 Å². The van der Waals surface area contributed by atoms with Crippen molar-refractivity contribution in [2.45, 2.75) is 13.0 Å². The Morgan fingerprint density at radius 2 is 2.19 bits per heavy atom. The fourth-order valence-electron chi connectivity index (χ4n) is 1.64. The van der Waals surface area contributed by atoms with Crippen LogP contribution in [0.25, 0.3) is 10.9 Å². The minimum absolute atomic E-state index is 0.0618. The van der Waals surface area contributed by atoms with E-state index in [0.717, 1.165) is 24.2 Å². The number of para-hydroxylation sites is 1. The summed E-state index contributed by atoms with van der Waals surface area (Å²) in [6.45, 7) is 0.748. The van der Waals surface area contributed by atoms with Crippen molar-refractivity contribution >= 4 is 22.7 Å². The quantitative estimate of drug-likeness (QED) is 0.760. The zero-order valence-corrected chi connectivity index (χ0v) is 10.0. The van der Waals surface area contributed by atoms with E-state index in [0.29, 0.717) is 5.39 Å². The lowest BCUT2D eigenvalue weighted by Crippen LogP contribution is -2.20. The van der Waals surface area contributed by atoms with Gasteiger partial charge in [-0.15, -0.1) is 0 Å². The molecule has 3 nitrogen and oxygen atoms in total. The lowest BCUT2D eigenvalue weighted by Gasteiger charge is -2.05. The van der Waals surface area contributed by atoms with Gasteiger partial charge in [0.05, 0.1) is 17.2 Å². The molecule has 0 radical (unpaired) electrons. The van der Waals surface area contributed by atoms with Gasteiger partial charge in [0.25, 0.3) is 5.56 Å². The third kappa shape index (κ3) is 2.27. The van der Waals surface area contributed by atoms with Gasteiger partial charge in [-0.25, -0.2) is 4.98 Å². The lowest BCUT2D eigenvalue weighted by atomic mass is 10.2. The van der Waals surface area contributed by atoms with E-state index in [4.69, 9.17) is 0 Å². The molecule has 0 spiro atoms. The topological polar surface area (TPSA) is 34.9 Å². The number of hydrogen-bond donors (Lipinski definition) is 0. The lowest BCUT2D eigenvalue weighted by molar-refractivity contribution is 0.652. The average molecular weight is 234 g/mol. The first-order valence-electron chi connectivity index (χ1n) is 5.26. The minimum atomic E-state index is 0.0618. The van der Waals surface area contributed by atoms with E-state index in [2.05, 4.69) is 11.2 Å². The molecule has 84 valence electrons. The number of nitrogens with zero attached hydrogens (tertiary/aromatic N) is 2. The van der Waals surface area contributed by atoms with Gasteiger partial charge in [0, 0.05) is 6.54 Å². The molecule has 0 aliphatic heterocycles. The Bertz CT molecular complexity index is 536. The number of rotatable bonds is 4. The minimum Gasteiger partial charge on any atom is -0.299 e. The highest BCUT2D eigenvalue weighted by atomic mass is 32.2. The van der Waals surface area contributed by atoms with Crippen LogP contribution in [0.15, 0.2) is 35.4 Å². The first-order chi connectivity index (χ1) is 7.83. The van der Waals surface area contributed by atoms with Gasteiger partial charge in [-0.1, -0.05) is 12.1 Å². The summed E-state index contributed by atoms with van der Waals surface area (Å²) in [4.78, 5) is 16.3. The molecule has 1 aromatic carbocycles. The monoisotopic (exact) mass is 234 g/mol. The molecule has 0 atom stereocenters. The molecule has 0 N–H and O–H groups in total. The van der Waals surface area contributed by atoms with Gasteiger partial charge in [0.1, 0.15) is 0 Å². The smallest absolute Gasteiger partial charge is 0.261 e. The largest absolute Gasteiger partial charge is 0.299 e. The molecule has 0 amide bonds. The van der Waals surface area contributed by atoms with E-state index in [-0.39, 0.29) is 5.56 Å². The number of aromatic nitrogens is 2. The fourth-order valence-corrected chi connectivity index (χ4v) is 2.06. The highest BCUT2D eigenvalue weighted by Crippen LogP contribution is 2.05. The van der Waals surface area contributed by atoms with Crippen LogP contribution in [0.5, 0.6) is 0 Å². The summed E-state index contributed by atoms with van der Waals surface area (Å²) in [6, 6.07) is 7.46. The molecule has 0 fully saturated rings. The second kappa shape index (κ2) is 5.16. The summed E-state index contributed by atoms with van der Waals surface area (Å²) in [5.41, 5.74) is 0.834. The average Bonchev–Trinajstić information content (AvgIpc) is 2.33. The molecule has 1 aromatic heterocycles. The molecule has 0 saturated carbocycles. The van der Waals surface area contributed by atoms with Gasteiger partial charge >= 0.3 is 0 Å². The molecule has 0 aliphatic rings. The third-order valence-corrected chi connectivity index (χ3v) is 3.18. The van der Waals surface area contributed by atoms with Crippen molar-refractivity contribution in [1.82, 2.24) is 9.55 Å². The van der Waals surface area contributed by atoms with E-state index < -0.39 is 0 Å². The van der Waals surface area contributed by atoms with Gasteiger partial charge in [-0.3, -0.25) is 9.36 Å². The summed E-state index contributed by atoms with van der Waals surface area (Å²) < 4.78 is 1.69. The van der Waals surface area contributed by atoms with Crippen LogP contribution < -0.4 is 5.56 Å². The maximum Gasteiger partial charge on any atom is 0.261 e. The maximum absolute atomic E-state index is 12.0. The summed E-state index contributed by atoms with van der Waals surface area (Å²) in [7, 11) is 0. The second-order valence-corrected chi connectivity index (χ2v) is 4.59. The van der Waals surface area contributed by atoms with Gasteiger partial charge in [0.15, 0.2) is 0 Å². The van der Waals surface area contributed by atoms with Crippen molar-refractivity contribution in [2.24, 2.45) is 0 Å². The third-order valence-electron chi connectivity index (χ3n) is 2.48. The molecule has 0 aliphatic carbocycles. The number of fused-ring (bicyclic) bond motifs is 1. The number of aryl methyl sites for hydroxylation is 1. The Balaban J connectivity index is 2.33. The summed E-state index contributed by atoms with van der Waals surface area (Å²) >= 11 is 1.79. The summed E-state index contributed by atoms with van der Waals surface area (Å²) in [5, 5.41) is 0.703. The van der Waals surface area contributed by atoms with Gasteiger partial charge in [0.2, 0.25) is 0 Å². The van der Waals surface area contributed by atoms with Crippen LogP contribution in [0.4, 0.5) is 0 Å². The second-order valence-electron chi connectivity index (χ2n) is 3.61. The van der Waals surface area contributed by atoms with E-state index >= 15 is 0 Å². The first-order valence-corrected chi connectivity index (χ1v) is 6.65. The Morgan fingerprint density at radius 3 is 3.00 bits per heavy atom. The highest BCUT2D eigenvalue weighted by molar-refractivity contribution is 7.98. The van der Waals surface area contributed by atoms with Crippen molar-refractivity contribution < 1.29 is 0 Å². The molecule has 0 unspecified atom stereocenters. The Kier molecular flexibility index (Phi) is 3.62. The summed E-state index contributed by atoms with van der Waals surface area (Å²) in [5.74, 6) is 1.07. The van der Waals surface area contributed by atoms with Crippen molar-refractivity contribution in [3.05, 3.63) is 40.9 Å². The van der Waals surface area contributed by atoms with Crippen LogP contribution in [0, 0.1) is 0 Å².